The molecule has 0 aromatic carbocycles. The molecule has 1 aliphatic heterocycles. The summed E-state index contributed by atoms with van der Waals surface area (Å²) in [7, 11) is 2.36. The molecule has 2 atom stereocenters. The number of hydrogen-bond acceptors (Lipinski definition) is 1. The van der Waals surface area contributed by atoms with Crippen LogP contribution in [0.4, 0.5) is 0 Å². The highest BCUT2D eigenvalue weighted by Gasteiger charge is 2.45. The Morgan fingerprint density at radius 1 is 1.12 bits per heavy atom. The monoisotopic (exact) mass is 237 g/mol. The largest absolute Gasteiger partial charge is 0.303 e. The second-order valence-corrected chi connectivity index (χ2v) is 7.13. The Hall–Kier alpha value is -0.0400. The van der Waals surface area contributed by atoms with Crippen molar-refractivity contribution in [3.63, 3.8) is 0 Å². The minimum atomic E-state index is 0.676. The van der Waals surface area contributed by atoms with Gasteiger partial charge in [0.25, 0.3) is 0 Å². The van der Waals surface area contributed by atoms with Crippen LogP contribution in [0.25, 0.3) is 0 Å². The third kappa shape index (κ3) is 2.70. The quantitative estimate of drug-likeness (QED) is 0.703. The maximum Gasteiger partial charge on any atom is 0.0149 e. The molecule has 100 valence electrons. The third-order valence-electron chi connectivity index (χ3n) is 5.69. The average Bonchev–Trinajstić information content (AvgIpc) is 2.87. The lowest BCUT2D eigenvalue weighted by molar-refractivity contribution is 0.0827. The zero-order valence-corrected chi connectivity index (χ0v) is 12.3. The van der Waals surface area contributed by atoms with Gasteiger partial charge in [-0.25, -0.2) is 0 Å². The first-order chi connectivity index (χ1) is 8.05. The summed E-state index contributed by atoms with van der Waals surface area (Å²) in [6.07, 6.45) is 10.3. The summed E-state index contributed by atoms with van der Waals surface area (Å²) >= 11 is 0. The fourth-order valence-corrected chi connectivity index (χ4v) is 4.31. The van der Waals surface area contributed by atoms with Gasteiger partial charge in [-0.1, -0.05) is 33.6 Å². The molecule has 0 radical (unpaired) electrons. The minimum absolute atomic E-state index is 0.676. The molecule has 2 aliphatic rings. The molecule has 2 fully saturated rings. The lowest BCUT2D eigenvalue weighted by Gasteiger charge is -2.42. The summed E-state index contributed by atoms with van der Waals surface area (Å²) in [6.45, 7) is 8.60. The standard InChI is InChI=1S/C16H31N/c1-13(2)14(3)12-16(9-5-6-10-16)15-8-7-11-17(15)4/h13-15H,5-12H2,1-4H3. The van der Waals surface area contributed by atoms with Crippen LogP contribution in [0.15, 0.2) is 0 Å². The second-order valence-electron chi connectivity index (χ2n) is 7.13. The zero-order chi connectivity index (χ0) is 12.5. The number of rotatable bonds is 4. The maximum atomic E-state index is 2.67. The fourth-order valence-electron chi connectivity index (χ4n) is 4.31. The van der Waals surface area contributed by atoms with Crippen LogP contribution in [0.5, 0.6) is 0 Å². The van der Waals surface area contributed by atoms with Gasteiger partial charge < -0.3 is 4.90 Å². The van der Waals surface area contributed by atoms with Crippen LogP contribution in [0.2, 0.25) is 0 Å². The normalized spacial score (nSPS) is 31.2. The summed E-state index contributed by atoms with van der Waals surface area (Å²) in [5.41, 5.74) is 0.676. The first-order valence-electron chi connectivity index (χ1n) is 7.75. The van der Waals surface area contributed by atoms with Crippen molar-refractivity contribution >= 4 is 0 Å². The molecule has 1 aliphatic carbocycles. The fraction of sp³-hybridized carbons (Fsp3) is 1.00. The summed E-state index contributed by atoms with van der Waals surface area (Å²) in [5.74, 6) is 1.74. The van der Waals surface area contributed by atoms with Gasteiger partial charge in [-0.05, 0) is 62.9 Å². The summed E-state index contributed by atoms with van der Waals surface area (Å²) in [6, 6.07) is 0.895. The molecule has 1 saturated heterocycles. The van der Waals surface area contributed by atoms with E-state index in [0.29, 0.717) is 5.41 Å². The lowest BCUT2D eigenvalue weighted by atomic mass is 9.69. The highest BCUT2D eigenvalue weighted by Crippen LogP contribution is 2.50. The molecule has 17 heavy (non-hydrogen) atoms. The van der Waals surface area contributed by atoms with E-state index in [1.165, 1.54) is 51.5 Å². The van der Waals surface area contributed by atoms with Crippen LogP contribution in [0.1, 0.15) is 65.7 Å². The molecule has 0 bridgehead atoms. The number of nitrogens with zero attached hydrogens (tertiary/aromatic N) is 1. The van der Waals surface area contributed by atoms with Gasteiger partial charge in [0.15, 0.2) is 0 Å². The molecule has 1 heterocycles. The van der Waals surface area contributed by atoms with Gasteiger partial charge in [0.1, 0.15) is 0 Å². The minimum Gasteiger partial charge on any atom is -0.303 e. The van der Waals surface area contributed by atoms with E-state index in [0.717, 1.165) is 17.9 Å². The molecule has 1 heteroatoms. The molecule has 0 N–H and O–H groups in total. The van der Waals surface area contributed by atoms with E-state index in [9.17, 15) is 0 Å². The Balaban J connectivity index is 2.09. The smallest absolute Gasteiger partial charge is 0.0149 e. The van der Waals surface area contributed by atoms with E-state index < -0.39 is 0 Å². The SMILES string of the molecule is CC(C)C(C)CC1(C2CCCN2C)CCCC1. The molecular weight excluding hydrogens is 206 g/mol. The molecule has 2 rings (SSSR count). The van der Waals surface area contributed by atoms with Crippen molar-refractivity contribution in [3.8, 4) is 0 Å². The number of hydrogen-bond donors (Lipinski definition) is 0. The highest BCUT2D eigenvalue weighted by molar-refractivity contribution is 4.98. The third-order valence-corrected chi connectivity index (χ3v) is 5.69. The van der Waals surface area contributed by atoms with Crippen LogP contribution in [0, 0.1) is 17.3 Å². The molecule has 1 nitrogen and oxygen atoms in total. The average molecular weight is 237 g/mol. The van der Waals surface area contributed by atoms with Crippen molar-refractivity contribution in [2.75, 3.05) is 13.6 Å². The van der Waals surface area contributed by atoms with Gasteiger partial charge in [0.2, 0.25) is 0 Å². The van der Waals surface area contributed by atoms with Gasteiger partial charge in [-0.3, -0.25) is 0 Å². The predicted octanol–water partition coefficient (Wildman–Crippen LogP) is 4.32. The summed E-state index contributed by atoms with van der Waals surface area (Å²) in [5, 5.41) is 0. The summed E-state index contributed by atoms with van der Waals surface area (Å²) < 4.78 is 0. The molecule has 0 amide bonds. The first-order valence-corrected chi connectivity index (χ1v) is 7.75. The van der Waals surface area contributed by atoms with E-state index in [-0.39, 0.29) is 0 Å². The molecular formula is C16H31N. The Bertz CT molecular complexity index is 240. The van der Waals surface area contributed by atoms with Crippen LogP contribution in [-0.4, -0.2) is 24.5 Å². The van der Waals surface area contributed by atoms with Crippen molar-refractivity contribution in [2.45, 2.75) is 71.8 Å². The van der Waals surface area contributed by atoms with Crippen molar-refractivity contribution in [1.29, 1.82) is 0 Å². The summed E-state index contributed by atoms with van der Waals surface area (Å²) in [4.78, 5) is 2.67. The van der Waals surface area contributed by atoms with Crippen LogP contribution in [0.3, 0.4) is 0 Å². The van der Waals surface area contributed by atoms with E-state index >= 15 is 0 Å². The van der Waals surface area contributed by atoms with Crippen LogP contribution >= 0.6 is 0 Å². The van der Waals surface area contributed by atoms with Gasteiger partial charge in [-0.2, -0.15) is 0 Å². The van der Waals surface area contributed by atoms with Crippen molar-refractivity contribution in [3.05, 3.63) is 0 Å². The van der Waals surface area contributed by atoms with E-state index in [2.05, 4.69) is 32.7 Å². The van der Waals surface area contributed by atoms with E-state index in [1.807, 2.05) is 0 Å². The molecule has 0 aromatic rings. The topological polar surface area (TPSA) is 3.24 Å². The Labute approximate surface area is 108 Å². The Morgan fingerprint density at radius 2 is 1.76 bits per heavy atom. The van der Waals surface area contributed by atoms with E-state index in [4.69, 9.17) is 0 Å². The van der Waals surface area contributed by atoms with Gasteiger partial charge in [0, 0.05) is 6.04 Å². The van der Waals surface area contributed by atoms with Crippen LogP contribution < -0.4 is 0 Å². The predicted molar refractivity (Wildman–Crippen MR) is 75.2 cm³/mol. The van der Waals surface area contributed by atoms with Gasteiger partial charge >= 0.3 is 0 Å². The highest BCUT2D eigenvalue weighted by atomic mass is 15.2. The Morgan fingerprint density at radius 3 is 2.24 bits per heavy atom. The zero-order valence-electron chi connectivity index (χ0n) is 12.3. The van der Waals surface area contributed by atoms with Crippen molar-refractivity contribution in [2.24, 2.45) is 17.3 Å². The lowest BCUT2D eigenvalue weighted by Crippen LogP contribution is -2.42. The van der Waals surface area contributed by atoms with Crippen molar-refractivity contribution < 1.29 is 0 Å². The van der Waals surface area contributed by atoms with Gasteiger partial charge in [0.05, 0.1) is 0 Å². The van der Waals surface area contributed by atoms with E-state index in [1.54, 1.807) is 0 Å². The first kappa shape index (κ1) is 13.4. The molecule has 1 saturated carbocycles. The Kier molecular flexibility index (Phi) is 4.18. The molecule has 0 aromatic heterocycles. The van der Waals surface area contributed by atoms with Crippen LogP contribution in [-0.2, 0) is 0 Å². The molecule has 0 spiro atoms. The molecule has 2 unspecified atom stereocenters. The maximum absolute atomic E-state index is 2.67. The number of likely N-dealkylation sites (tertiary alicyclic amines) is 1. The second kappa shape index (κ2) is 5.30. The van der Waals surface area contributed by atoms with Crippen molar-refractivity contribution in [1.82, 2.24) is 4.90 Å². The van der Waals surface area contributed by atoms with Gasteiger partial charge in [-0.15, -0.1) is 0 Å².